The predicted molar refractivity (Wildman–Crippen MR) is 85.6 cm³/mol. The zero-order chi connectivity index (χ0) is 14.8. The summed E-state index contributed by atoms with van der Waals surface area (Å²) in [5.74, 6) is 0.677. The molecular formula is C16H23Cl2NO. The van der Waals surface area contributed by atoms with Crippen molar-refractivity contribution in [3.8, 4) is 0 Å². The molecule has 1 N–H and O–H groups in total. The summed E-state index contributed by atoms with van der Waals surface area (Å²) < 4.78 is 0. The second kappa shape index (κ2) is 6.65. The molecule has 1 aliphatic rings. The van der Waals surface area contributed by atoms with Gasteiger partial charge in [0.2, 0.25) is 0 Å². The molecule has 1 saturated heterocycles. The third-order valence-electron chi connectivity index (χ3n) is 3.93. The number of likely N-dealkylation sites (tertiary alicyclic amines) is 1. The monoisotopic (exact) mass is 315 g/mol. The number of benzene rings is 1. The molecular weight excluding hydrogens is 293 g/mol. The quantitative estimate of drug-likeness (QED) is 0.907. The van der Waals surface area contributed by atoms with Crippen LogP contribution in [0.4, 0.5) is 0 Å². The topological polar surface area (TPSA) is 23.5 Å². The van der Waals surface area contributed by atoms with Gasteiger partial charge in [-0.15, -0.1) is 0 Å². The standard InChI is InChI=1S/C16H23Cl2NO/c1-12(2)11-19-7-5-16(20,6-8-19)10-13-3-4-14(17)15(18)9-13/h3-4,9,12,20H,5-8,10-11H2,1-2H3. The number of halogens is 2. The van der Waals surface area contributed by atoms with E-state index < -0.39 is 5.60 Å². The van der Waals surface area contributed by atoms with E-state index >= 15 is 0 Å². The summed E-state index contributed by atoms with van der Waals surface area (Å²) in [4.78, 5) is 2.44. The van der Waals surface area contributed by atoms with Gasteiger partial charge in [-0.3, -0.25) is 0 Å². The van der Waals surface area contributed by atoms with Gasteiger partial charge in [0.15, 0.2) is 0 Å². The Morgan fingerprint density at radius 3 is 2.40 bits per heavy atom. The van der Waals surface area contributed by atoms with Crippen LogP contribution >= 0.6 is 23.2 Å². The van der Waals surface area contributed by atoms with Gasteiger partial charge in [-0.2, -0.15) is 0 Å². The number of hydrogen-bond acceptors (Lipinski definition) is 2. The van der Waals surface area contributed by atoms with Crippen molar-refractivity contribution >= 4 is 23.2 Å². The van der Waals surface area contributed by atoms with Gasteiger partial charge in [0.25, 0.3) is 0 Å². The molecule has 112 valence electrons. The molecule has 4 heteroatoms. The summed E-state index contributed by atoms with van der Waals surface area (Å²) >= 11 is 12.0. The Bertz CT molecular complexity index is 454. The van der Waals surface area contributed by atoms with Crippen LogP contribution in [0.1, 0.15) is 32.3 Å². The fourth-order valence-electron chi connectivity index (χ4n) is 2.87. The van der Waals surface area contributed by atoms with Gasteiger partial charge < -0.3 is 10.0 Å². The van der Waals surface area contributed by atoms with E-state index in [4.69, 9.17) is 23.2 Å². The molecule has 2 nitrogen and oxygen atoms in total. The number of nitrogens with zero attached hydrogens (tertiary/aromatic N) is 1. The lowest BCUT2D eigenvalue weighted by molar-refractivity contribution is -0.0227. The molecule has 1 heterocycles. The number of rotatable bonds is 4. The lowest BCUT2D eigenvalue weighted by Crippen LogP contribution is -2.46. The molecule has 0 amide bonds. The lowest BCUT2D eigenvalue weighted by Gasteiger charge is -2.39. The van der Waals surface area contributed by atoms with E-state index in [2.05, 4.69) is 18.7 Å². The molecule has 1 fully saturated rings. The van der Waals surface area contributed by atoms with Crippen LogP contribution in [0, 0.1) is 5.92 Å². The van der Waals surface area contributed by atoms with E-state index in [9.17, 15) is 5.11 Å². The van der Waals surface area contributed by atoms with Crippen LogP contribution in [0.5, 0.6) is 0 Å². The Morgan fingerprint density at radius 1 is 1.20 bits per heavy atom. The first-order chi connectivity index (χ1) is 9.38. The van der Waals surface area contributed by atoms with Crippen molar-refractivity contribution in [2.45, 2.75) is 38.7 Å². The minimum absolute atomic E-state index is 0.560. The largest absolute Gasteiger partial charge is 0.389 e. The molecule has 2 rings (SSSR count). The first kappa shape index (κ1) is 16.1. The minimum Gasteiger partial charge on any atom is -0.389 e. The van der Waals surface area contributed by atoms with Gasteiger partial charge in [0.05, 0.1) is 15.6 Å². The Kier molecular flexibility index (Phi) is 5.36. The fourth-order valence-corrected chi connectivity index (χ4v) is 3.20. The molecule has 0 spiro atoms. The van der Waals surface area contributed by atoms with Gasteiger partial charge in [0.1, 0.15) is 0 Å². The zero-order valence-electron chi connectivity index (χ0n) is 12.2. The van der Waals surface area contributed by atoms with E-state index in [1.54, 1.807) is 6.07 Å². The van der Waals surface area contributed by atoms with E-state index in [0.29, 0.717) is 22.4 Å². The molecule has 0 aromatic heterocycles. The smallest absolute Gasteiger partial charge is 0.0712 e. The molecule has 1 aliphatic heterocycles. The van der Waals surface area contributed by atoms with Gasteiger partial charge in [0, 0.05) is 26.1 Å². The lowest BCUT2D eigenvalue weighted by atomic mass is 9.85. The first-order valence-corrected chi connectivity index (χ1v) is 8.02. The zero-order valence-corrected chi connectivity index (χ0v) is 13.7. The van der Waals surface area contributed by atoms with E-state index in [1.807, 2.05) is 12.1 Å². The second-order valence-corrected chi connectivity index (χ2v) is 7.16. The predicted octanol–water partition coefficient (Wildman–Crippen LogP) is 4.02. The average Bonchev–Trinajstić information content (AvgIpc) is 2.36. The maximum Gasteiger partial charge on any atom is 0.0712 e. The Labute approximate surface area is 131 Å². The van der Waals surface area contributed by atoms with Crippen molar-refractivity contribution in [1.82, 2.24) is 4.90 Å². The molecule has 0 aliphatic carbocycles. The van der Waals surface area contributed by atoms with Crippen LogP contribution in [0.25, 0.3) is 0 Å². The van der Waals surface area contributed by atoms with Crippen LogP contribution in [0.3, 0.4) is 0 Å². The highest BCUT2D eigenvalue weighted by atomic mass is 35.5. The van der Waals surface area contributed by atoms with Crippen molar-refractivity contribution in [3.63, 3.8) is 0 Å². The van der Waals surface area contributed by atoms with Crippen molar-refractivity contribution in [1.29, 1.82) is 0 Å². The minimum atomic E-state index is -0.607. The molecule has 0 bridgehead atoms. The molecule has 20 heavy (non-hydrogen) atoms. The molecule has 0 saturated carbocycles. The summed E-state index contributed by atoms with van der Waals surface area (Å²) in [6.07, 6.45) is 2.29. The third-order valence-corrected chi connectivity index (χ3v) is 4.67. The second-order valence-electron chi connectivity index (χ2n) is 6.34. The van der Waals surface area contributed by atoms with Crippen molar-refractivity contribution in [2.75, 3.05) is 19.6 Å². The van der Waals surface area contributed by atoms with Gasteiger partial charge in [-0.25, -0.2) is 0 Å². The van der Waals surface area contributed by atoms with Crippen LogP contribution < -0.4 is 0 Å². The molecule has 1 aromatic carbocycles. The van der Waals surface area contributed by atoms with Crippen molar-refractivity contribution < 1.29 is 5.11 Å². The Morgan fingerprint density at radius 2 is 1.85 bits per heavy atom. The molecule has 0 atom stereocenters. The summed E-state index contributed by atoms with van der Waals surface area (Å²) in [7, 11) is 0. The normalized spacial score (nSPS) is 19.5. The van der Waals surface area contributed by atoms with Crippen molar-refractivity contribution in [2.24, 2.45) is 5.92 Å². The number of piperidine rings is 1. The van der Waals surface area contributed by atoms with E-state index in [1.165, 1.54) is 0 Å². The van der Waals surface area contributed by atoms with Gasteiger partial charge >= 0.3 is 0 Å². The van der Waals surface area contributed by atoms with Gasteiger partial charge in [-0.05, 0) is 36.5 Å². The van der Waals surface area contributed by atoms with Gasteiger partial charge in [-0.1, -0.05) is 43.1 Å². The fraction of sp³-hybridized carbons (Fsp3) is 0.625. The van der Waals surface area contributed by atoms with E-state index in [0.717, 1.165) is 38.0 Å². The third kappa shape index (κ3) is 4.36. The Balaban J connectivity index is 1.94. The molecule has 1 aromatic rings. The molecule has 0 radical (unpaired) electrons. The summed E-state index contributed by atoms with van der Waals surface area (Å²) in [6, 6.07) is 5.62. The summed E-state index contributed by atoms with van der Waals surface area (Å²) in [5, 5.41) is 11.9. The summed E-state index contributed by atoms with van der Waals surface area (Å²) in [6.45, 7) is 7.52. The SMILES string of the molecule is CC(C)CN1CCC(O)(Cc2ccc(Cl)c(Cl)c2)CC1. The Hall–Kier alpha value is -0.280. The van der Waals surface area contributed by atoms with Crippen LogP contribution in [0.2, 0.25) is 10.0 Å². The van der Waals surface area contributed by atoms with Crippen LogP contribution in [-0.2, 0) is 6.42 Å². The average molecular weight is 316 g/mol. The van der Waals surface area contributed by atoms with E-state index in [-0.39, 0.29) is 0 Å². The maximum atomic E-state index is 10.7. The maximum absolute atomic E-state index is 10.7. The molecule has 0 unspecified atom stereocenters. The number of hydrogen-bond donors (Lipinski definition) is 1. The highest BCUT2D eigenvalue weighted by molar-refractivity contribution is 6.42. The highest BCUT2D eigenvalue weighted by Gasteiger charge is 2.32. The summed E-state index contributed by atoms with van der Waals surface area (Å²) in [5.41, 5.74) is 0.448. The first-order valence-electron chi connectivity index (χ1n) is 7.27. The highest BCUT2D eigenvalue weighted by Crippen LogP contribution is 2.29. The number of aliphatic hydroxyl groups is 1. The van der Waals surface area contributed by atoms with Crippen molar-refractivity contribution in [3.05, 3.63) is 33.8 Å². The van der Waals surface area contributed by atoms with Crippen LogP contribution in [-0.4, -0.2) is 35.2 Å². The van der Waals surface area contributed by atoms with Crippen LogP contribution in [0.15, 0.2) is 18.2 Å².